The average Bonchev–Trinajstić information content (AvgIpc) is 2.49. The molecule has 0 aromatic carbocycles. The summed E-state index contributed by atoms with van der Waals surface area (Å²) >= 11 is 0. The fourth-order valence-electron chi connectivity index (χ4n) is 2.28. The van der Waals surface area contributed by atoms with Gasteiger partial charge in [0.05, 0.1) is 12.4 Å². The Balaban J connectivity index is 2.46. The highest BCUT2D eigenvalue weighted by molar-refractivity contribution is 7.89. The van der Waals surface area contributed by atoms with E-state index in [2.05, 4.69) is 10.2 Å². The van der Waals surface area contributed by atoms with Crippen LogP contribution in [0.2, 0.25) is 0 Å². The lowest BCUT2D eigenvalue weighted by molar-refractivity contribution is 0.164. The smallest absolute Gasteiger partial charge is 0.215 e. The molecule has 0 amide bonds. The summed E-state index contributed by atoms with van der Waals surface area (Å²) in [6.07, 6.45) is 0.701. The van der Waals surface area contributed by atoms with Crippen LogP contribution in [0.4, 0.5) is 0 Å². The van der Waals surface area contributed by atoms with Gasteiger partial charge in [0, 0.05) is 66.6 Å². The number of rotatable bonds is 11. The first-order chi connectivity index (χ1) is 10.1. The molecule has 8 heteroatoms. The molecule has 7 nitrogen and oxygen atoms in total. The van der Waals surface area contributed by atoms with Crippen LogP contribution in [-0.2, 0) is 19.5 Å². The molecule has 0 unspecified atom stereocenters. The highest BCUT2D eigenvalue weighted by Gasteiger charge is 2.22. The van der Waals surface area contributed by atoms with Crippen LogP contribution in [0.1, 0.15) is 6.42 Å². The molecule has 1 aliphatic rings. The minimum atomic E-state index is -3.24. The number of hydrogen-bond acceptors (Lipinski definition) is 6. The maximum absolute atomic E-state index is 12.5. The van der Waals surface area contributed by atoms with E-state index < -0.39 is 10.0 Å². The van der Waals surface area contributed by atoms with Crippen molar-refractivity contribution in [3.05, 3.63) is 0 Å². The number of hydrogen-bond donors (Lipinski definition) is 1. The molecule has 0 saturated carbocycles. The maximum Gasteiger partial charge on any atom is 0.215 e. The van der Waals surface area contributed by atoms with Gasteiger partial charge in [-0.05, 0) is 6.42 Å². The summed E-state index contributed by atoms with van der Waals surface area (Å²) in [5, 5.41) is 3.26. The van der Waals surface area contributed by atoms with Gasteiger partial charge in [0.1, 0.15) is 0 Å². The Labute approximate surface area is 128 Å². The van der Waals surface area contributed by atoms with Gasteiger partial charge in [0.2, 0.25) is 10.0 Å². The van der Waals surface area contributed by atoms with E-state index in [1.54, 1.807) is 14.2 Å². The first-order valence-electron chi connectivity index (χ1n) is 7.49. The van der Waals surface area contributed by atoms with Crippen LogP contribution in [0.25, 0.3) is 0 Å². The Bertz CT molecular complexity index is 358. The molecule has 0 aliphatic carbocycles. The number of nitrogens with one attached hydrogen (secondary N) is 1. The van der Waals surface area contributed by atoms with Crippen molar-refractivity contribution in [3.63, 3.8) is 0 Å². The molecule has 1 rings (SSSR count). The van der Waals surface area contributed by atoms with Crippen molar-refractivity contribution >= 4 is 10.0 Å². The molecule has 1 aliphatic heterocycles. The van der Waals surface area contributed by atoms with Gasteiger partial charge < -0.3 is 14.8 Å². The molecule has 0 radical (unpaired) electrons. The van der Waals surface area contributed by atoms with Crippen molar-refractivity contribution in [2.24, 2.45) is 0 Å². The van der Waals surface area contributed by atoms with Gasteiger partial charge in [-0.15, -0.1) is 0 Å². The normalized spacial score (nSPS) is 17.5. The van der Waals surface area contributed by atoms with Gasteiger partial charge in [0.25, 0.3) is 0 Å². The van der Waals surface area contributed by atoms with Crippen molar-refractivity contribution in [2.45, 2.75) is 6.42 Å². The van der Waals surface area contributed by atoms with Gasteiger partial charge >= 0.3 is 0 Å². The number of ether oxygens (including phenoxy) is 2. The van der Waals surface area contributed by atoms with Crippen LogP contribution in [-0.4, -0.2) is 96.6 Å². The maximum atomic E-state index is 12.5. The van der Waals surface area contributed by atoms with E-state index >= 15 is 0 Å². The molecule has 0 spiro atoms. The average molecular weight is 323 g/mol. The highest BCUT2D eigenvalue weighted by atomic mass is 32.2. The zero-order valence-corrected chi connectivity index (χ0v) is 14.0. The largest absolute Gasteiger partial charge is 0.385 e. The van der Waals surface area contributed by atoms with Crippen LogP contribution in [0.5, 0.6) is 0 Å². The van der Waals surface area contributed by atoms with E-state index in [1.165, 1.54) is 4.31 Å². The van der Waals surface area contributed by atoms with Crippen LogP contribution < -0.4 is 5.32 Å². The third-order valence-electron chi connectivity index (χ3n) is 3.57. The van der Waals surface area contributed by atoms with Crippen molar-refractivity contribution < 1.29 is 17.9 Å². The first kappa shape index (κ1) is 18.8. The third kappa shape index (κ3) is 7.53. The van der Waals surface area contributed by atoms with Crippen molar-refractivity contribution in [1.29, 1.82) is 0 Å². The third-order valence-corrected chi connectivity index (χ3v) is 5.42. The predicted molar refractivity (Wildman–Crippen MR) is 83.0 cm³/mol. The first-order valence-corrected chi connectivity index (χ1v) is 9.10. The number of nitrogens with zero attached hydrogens (tertiary/aromatic N) is 2. The standard InChI is InChI=1S/C13H29N3O4S/c1-19-11-3-6-16(9-12-20-2)21(17,18)13-10-15-7-4-14-5-8-15/h14H,3-13H2,1-2H3. The second-order valence-electron chi connectivity index (χ2n) is 5.15. The second-order valence-corrected chi connectivity index (χ2v) is 7.23. The second kappa shape index (κ2) is 10.5. The van der Waals surface area contributed by atoms with Crippen LogP contribution in [0.3, 0.4) is 0 Å². The van der Waals surface area contributed by atoms with Gasteiger partial charge in [-0.3, -0.25) is 4.90 Å². The molecule has 1 N–H and O–H groups in total. The molecule has 0 atom stereocenters. The summed E-state index contributed by atoms with van der Waals surface area (Å²) in [4.78, 5) is 2.19. The van der Waals surface area contributed by atoms with Crippen LogP contribution in [0, 0.1) is 0 Å². The lowest BCUT2D eigenvalue weighted by atomic mass is 10.4. The number of methoxy groups -OCH3 is 2. The van der Waals surface area contributed by atoms with Crippen LogP contribution in [0.15, 0.2) is 0 Å². The quantitative estimate of drug-likeness (QED) is 0.502. The van der Waals surface area contributed by atoms with Gasteiger partial charge in [-0.1, -0.05) is 0 Å². The van der Waals surface area contributed by atoms with Gasteiger partial charge in [0.15, 0.2) is 0 Å². The van der Waals surface area contributed by atoms with Crippen molar-refractivity contribution in [3.8, 4) is 0 Å². The van der Waals surface area contributed by atoms with E-state index in [-0.39, 0.29) is 5.75 Å². The summed E-state index contributed by atoms with van der Waals surface area (Å²) in [5.41, 5.74) is 0. The predicted octanol–water partition coefficient (Wildman–Crippen LogP) is -0.794. The summed E-state index contributed by atoms with van der Waals surface area (Å²) in [6, 6.07) is 0. The van der Waals surface area contributed by atoms with Gasteiger partial charge in [-0.2, -0.15) is 4.31 Å². The lowest BCUT2D eigenvalue weighted by Gasteiger charge is -2.28. The molecule has 0 bridgehead atoms. The molecule has 1 saturated heterocycles. The molecule has 21 heavy (non-hydrogen) atoms. The van der Waals surface area contributed by atoms with Gasteiger partial charge in [-0.25, -0.2) is 8.42 Å². The molecule has 126 valence electrons. The molecule has 0 aromatic heterocycles. The molecule has 1 fully saturated rings. The summed E-state index contributed by atoms with van der Waals surface area (Å²) in [5.74, 6) is 0.170. The fourth-order valence-corrected chi connectivity index (χ4v) is 3.78. The Kier molecular flexibility index (Phi) is 9.37. The minimum Gasteiger partial charge on any atom is -0.385 e. The molecular weight excluding hydrogens is 294 g/mol. The zero-order valence-electron chi connectivity index (χ0n) is 13.2. The van der Waals surface area contributed by atoms with Crippen molar-refractivity contribution in [2.75, 3.05) is 79.0 Å². The van der Waals surface area contributed by atoms with E-state index in [0.29, 0.717) is 39.3 Å². The summed E-state index contributed by atoms with van der Waals surface area (Å²) < 4.78 is 36.5. The van der Waals surface area contributed by atoms with E-state index in [4.69, 9.17) is 9.47 Å². The molecule has 0 aromatic rings. The lowest BCUT2D eigenvalue weighted by Crippen LogP contribution is -2.46. The molecular formula is C13H29N3O4S. The highest BCUT2D eigenvalue weighted by Crippen LogP contribution is 2.05. The van der Waals surface area contributed by atoms with Crippen LogP contribution >= 0.6 is 0 Å². The summed E-state index contributed by atoms with van der Waals surface area (Å²) in [6.45, 7) is 6.16. The Morgan fingerprint density at radius 3 is 2.38 bits per heavy atom. The number of piperazine rings is 1. The van der Waals surface area contributed by atoms with Crippen molar-refractivity contribution in [1.82, 2.24) is 14.5 Å². The topological polar surface area (TPSA) is 71.1 Å². The monoisotopic (exact) mass is 323 g/mol. The van der Waals surface area contributed by atoms with E-state index in [9.17, 15) is 8.42 Å². The van der Waals surface area contributed by atoms with E-state index in [1.807, 2.05) is 0 Å². The molecule has 1 heterocycles. The Hall–Kier alpha value is -0.250. The Morgan fingerprint density at radius 2 is 1.76 bits per heavy atom. The summed E-state index contributed by atoms with van der Waals surface area (Å²) in [7, 11) is -0.0313. The fraction of sp³-hybridized carbons (Fsp3) is 1.00. The van der Waals surface area contributed by atoms with E-state index in [0.717, 1.165) is 26.2 Å². The Morgan fingerprint density at radius 1 is 1.10 bits per heavy atom. The minimum absolute atomic E-state index is 0.170. The zero-order chi connectivity index (χ0) is 15.6. The number of sulfonamides is 1. The SMILES string of the molecule is COCCCN(CCOC)S(=O)(=O)CCN1CCNCC1.